The Bertz CT molecular complexity index is 1690. The fourth-order valence-electron chi connectivity index (χ4n) is 5.22. The van der Waals surface area contributed by atoms with Gasteiger partial charge in [0.15, 0.2) is 0 Å². The molecule has 0 bridgehead atoms. The molecule has 1 aromatic heterocycles. The number of benzene rings is 6. The average molecular weight is 473 g/mol. The van der Waals surface area contributed by atoms with Crippen molar-refractivity contribution < 1.29 is 4.42 Å². The van der Waals surface area contributed by atoms with Crippen LogP contribution in [0.2, 0.25) is 0 Å². The minimum Gasteiger partial charge on any atom is -0.455 e. The molecule has 0 N–H and O–H groups in total. The predicted molar refractivity (Wildman–Crippen MR) is 155 cm³/mol. The fraction of sp³-hybridized carbons (Fsp3) is 0. The normalized spacial score (nSPS) is 11.2. The van der Waals surface area contributed by atoms with Crippen molar-refractivity contribution in [1.29, 1.82) is 0 Å². The molecule has 6 aromatic carbocycles. The summed E-state index contributed by atoms with van der Waals surface area (Å²) in [6.07, 6.45) is 0. The van der Waals surface area contributed by atoms with E-state index in [-0.39, 0.29) is 0 Å². The Morgan fingerprint density at radius 2 is 0.622 bits per heavy atom. The van der Waals surface area contributed by atoms with Crippen LogP contribution >= 0.6 is 0 Å². The lowest BCUT2D eigenvalue weighted by Crippen LogP contribution is -1.81. The third-order valence-corrected chi connectivity index (χ3v) is 7.13. The van der Waals surface area contributed by atoms with Crippen molar-refractivity contribution in [1.82, 2.24) is 0 Å². The van der Waals surface area contributed by atoms with E-state index in [1.165, 1.54) is 22.3 Å². The predicted octanol–water partition coefficient (Wildman–Crippen LogP) is 10.3. The zero-order chi connectivity index (χ0) is 24.6. The minimum atomic E-state index is 0.929. The molecule has 0 atom stereocenters. The molecule has 0 radical (unpaired) electrons. The molecule has 0 saturated carbocycles. The fourth-order valence-corrected chi connectivity index (χ4v) is 5.22. The third kappa shape index (κ3) is 3.82. The van der Waals surface area contributed by atoms with Gasteiger partial charge >= 0.3 is 0 Å². The monoisotopic (exact) mass is 472 g/mol. The van der Waals surface area contributed by atoms with E-state index in [9.17, 15) is 0 Å². The second-order valence-electron chi connectivity index (χ2n) is 9.35. The van der Waals surface area contributed by atoms with E-state index in [2.05, 4.69) is 133 Å². The van der Waals surface area contributed by atoms with E-state index in [0.29, 0.717) is 0 Å². The zero-order valence-electron chi connectivity index (χ0n) is 20.3. The topological polar surface area (TPSA) is 13.1 Å². The van der Waals surface area contributed by atoms with Crippen LogP contribution in [0.4, 0.5) is 0 Å². The SMILES string of the molecule is c1ccc(-c2ccc(-c3cccc4c3oc3c(-c5ccc(-c6ccccc6)cc5)cccc34)cc2)cc1. The molecule has 7 rings (SSSR count). The van der Waals surface area contributed by atoms with Crippen LogP contribution in [0.25, 0.3) is 66.4 Å². The number of para-hydroxylation sites is 2. The molecule has 0 saturated heterocycles. The molecule has 7 aromatic rings. The van der Waals surface area contributed by atoms with Gasteiger partial charge in [0.25, 0.3) is 0 Å². The summed E-state index contributed by atoms with van der Waals surface area (Å²) in [5.74, 6) is 0. The molecule has 0 spiro atoms. The Hall–Kier alpha value is -4.88. The number of furan rings is 1. The lowest BCUT2D eigenvalue weighted by Gasteiger charge is -2.06. The molecular formula is C36H24O. The van der Waals surface area contributed by atoms with Gasteiger partial charge in [0.1, 0.15) is 11.2 Å². The van der Waals surface area contributed by atoms with E-state index in [1.807, 2.05) is 12.1 Å². The first-order valence-corrected chi connectivity index (χ1v) is 12.6. The maximum Gasteiger partial charge on any atom is 0.143 e. The highest BCUT2D eigenvalue weighted by Gasteiger charge is 2.15. The largest absolute Gasteiger partial charge is 0.455 e. The molecule has 0 aliphatic heterocycles. The lowest BCUT2D eigenvalue weighted by molar-refractivity contribution is 0.671. The summed E-state index contributed by atoms with van der Waals surface area (Å²) in [7, 11) is 0. The third-order valence-electron chi connectivity index (χ3n) is 7.13. The summed E-state index contributed by atoms with van der Waals surface area (Å²) in [6.45, 7) is 0. The van der Waals surface area contributed by atoms with Gasteiger partial charge in [-0.3, -0.25) is 0 Å². The summed E-state index contributed by atoms with van der Waals surface area (Å²) in [5.41, 5.74) is 11.2. The molecule has 0 aliphatic carbocycles. The summed E-state index contributed by atoms with van der Waals surface area (Å²) in [5, 5.41) is 2.28. The van der Waals surface area contributed by atoms with Crippen molar-refractivity contribution in [2.75, 3.05) is 0 Å². The Kier molecular flexibility index (Phi) is 5.19. The van der Waals surface area contributed by atoms with Gasteiger partial charge < -0.3 is 4.42 Å². The smallest absolute Gasteiger partial charge is 0.143 e. The van der Waals surface area contributed by atoms with E-state index < -0.39 is 0 Å². The number of fused-ring (bicyclic) bond motifs is 3. The van der Waals surface area contributed by atoms with Gasteiger partial charge in [0.2, 0.25) is 0 Å². The van der Waals surface area contributed by atoms with Crippen LogP contribution in [0, 0.1) is 0 Å². The second-order valence-corrected chi connectivity index (χ2v) is 9.35. The second kappa shape index (κ2) is 8.96. The Balaban J connectivity index is 1.32. The summed E-state index contributed by atoms with van der Waals surface area (Å²) in [4.78, 5) is 0. The summed E-state index contributed by atoms with van der Waals surface area (Å²) >= 11 is 0. The summed E-state index contributed by atoms with van der Waals surface area (Å²) < 4.78 is 6.65. The first-order valence-electron chi connectivity index (χ1n) is 12.6. The van der Waals surface area contributed by atoms with Crippen LogP contribution in [0.5, 0.6) is 0 Å². The van der Waals surface area contributed by atoms with Crippen LogP contribution in [0.1, 0.15) is 0 Å². The molecule has 37 heavy (non-hydrogen) atoms. The highest BCUT2D eigenvalue weighted by molar-refractivity contribution is 6.13. The van der Waals surface area contributed by atoms with E-state index >= 15 is 0 Å². The maximum absolute atomic E-state index is 6.65. The van der Waals surface area contributed by atoms with Gasteiger partial charge in [-0.05, 0) is 33.4 Å². The molecule has 0 unspecified atom stereocenters. The Labute approximate surface area is 216 Å². The lowest BCUT2D eigenvalue weighted by atomic mass is 9.97. The summed E-state index contributed by atoms with van der Waals surface area (Å²) in [6, 6.07) is 51.3. The van der Waals surface area contributed by atoms with Crippen LogP contribution in [-0.4, -0.2) is 0 Å². The van der Waals surface area contributed by atoms with E-state index in [0.717, 1.165) is 44.2 Å². The van der Waals surface area contributed by atoms with E-state index in [1.54, 1.807) is 0 Å². The molecule has 1 heterocycles. The molecule has 0 amide bonds. The Morgan fingerprint density at radius 3 is 1.03 bits per heavy atom. The number of hydrogen-bond donors (Lipinski definition) is 0. The highest BCUT2D eigenvalue weighted by atomic mass is 16.3. The van der Waals surface area contributed by atoms with Crippen LogP contribution < -0.4 is 0 Å². The van der Waals surface area contributed by atoms with Crippen LogP contribution in [0.15, 0.2) is 150 Å². The van der Waals surface area contributed by atoms with Crippen LogP contribution in [-0.2, 0) is 0 Å². The average Bonchev–Trinajstić information content (AvgIpc) is 3.38. The maximum atomic E-state index is 6.65. The first kappa shape index (κ1) is 21.4. The molecule has 0 aliphatic rings. The number of rotatable bonds is 4. The Morgan fingerprint density at radius 1 is 0.270 bits per heavy atom. The standard InChI is InChI=1S/C36H24O/c1-3-9-25(10-4-1)27-17-21-29(22-18-27)31-13-7-15-33-34-16-8-14-32(36(34)37-35(31)33)30-23-19-28(20-24-30)26-11-5-2-6-12-26/h1-24H. The molecule has 0 fully saturated rings. The van der Waals surface area contributed by atoms with Gasteiger partial charge in [-0.25, -0.2) is 0 Å². The van der Waals surface area contributed by atoms with Gasteiger partial charge in [0.05, 0.1) is 0 Å². The van der Waals surface area contributed by atoms with Crippen LogP contribution in [0.3, 0.4) is 0 Å². The zero-order valence-corrected chi connectivity index (χ0v) is 20.3. The molecule has 1 nitrogen and oxygen atoms in total. The van der Waals surface area contributed by atoms with Crippen molar-refractivity contribution in [2.45, 2.75) is 0 Å². The van der Waals surface area contributed by atoms with Gasteiger partial charge in [0, 0.05) is 21.9 Å². The highest BCUT2D eigenvalue weighted by Crippen LogP contribution is 2.40. The molecular weight excluding hydrogens is 448 g/mol. The van der Waals surface area contributed by atoms with Crippen molar-refractivity contribution in [3.8, 4) is 44.5 Å². The number of hydrogen-bond acceptors (Lipinski definition) is 1. The van der Waals surface area contributed by atoms with Crippen molar-refractivity contribution >= 4 is 21.9 Å². The van der Waals surface area contributed by atoms with Crippen molar-refractivity contribution in [3.05, 3.63) is 146 Å². The van der Waals surface area contributed by atoms with Crippen molar-refractivity contribution in [2.24, 2.45) is 0 Å². The quantitative estimate of drug-likeness (QED) is 0.248. The van der Waals surface area contributed by atoms with Gasteiger partial charge in [-0.1, -0.05) is 146 Å². The molecule has 1 heteroatoms. The van der Waals surface area contributed by atoms with E-state index in [4.69, 9.17) is 4.42 Å². The minimum absolute atomic E-state index is 0.929. The van der Waals surface area contributed by atoms with Crippen molar-refractivity contribution in [3.63, 3.8) is 0 Å². The van der Waals surface area contributed by atoms with Gasteiger partial charge in [-0.15, -0.1) is 0 Å². The molecule has 174 valence electrons. The van der Waals surface area contributed by atoms with Gasteiger partial charge in [-0.2, -0.15) is 0 Å². The first-order chi connectivity index (χ1) is 18.3.